The van der Waals surface area contributed by atoms with Gasteiger partial charge in [0.1, 0.15) is 11.3 Å². The van der Waals surface area contributed by atoms with Gasteiger partial charge in [0.05, 0.1) is 4.92 Å². The van der Waals surface area contributed by atoms with Crippen LogP contribution in [0.15, 0.2) is 18.2 Å². The maximum Gasteiger partial charge on any atom is 0.282 e. The Labute approximate surface area is 115 Å². The zero-order valence-corrected chi connectivity index (χ0v) is 11.6. The Kier molecular flexibility index (Phi) is 5.62. The molecule has 1 aromatic rings. The van der Waals surface area contributed by atoms with Crippen molar-refractivity contribution in [3.8, 4) is 5.75 Å². The minimum absolute atomic E-state index is 0.124. The highest BCUT2D eigenvalue weighted by Gasteiger charge is 2.20. The summed E-state index contributed by atoms with van der Waals surface area (Å²) >= 11 is 1.67. The van der Waals surface area contributed by atoms with Crippen molar-refractivity contribution in [2.75, 3.05) is 18.6 Å². The molecule has 6 nitrogen and oxygen atoms in total. The zero-order valence-electron chi connectivity index (χ0n) is 10.8. The predicted molar refractivity (Wildman–Crippen MR) is 74.6 cm³/mol. The summed E-state index contributed by atoms with van der Waals surface area (Å²) in [6, 6.07) is 3.41. The van der Waals surface area contributed by atoms with Gasteiger partial charge in [0.25, 0.3) is 11.6 Å². The highest BCUT2D eigenvalue weighted by molar-refractivity contribution is 7.98. The highest BCUT2D eigenvalue weighted by Crippen LogP contribution is 2.23. The van der Waals surface area contributed by atoms with Crippen molar-refractivity contribution in [1.29, 1.82) is 0 Å². The van der Waals surface area contributed by atoms with E-state index in [-0.39, 0.29) is 22.9 Å². The van der Waals surface area contributed by atoms with Crippen LogP contribution in [0.2, 0.25) is 0 Å². The third kappa shape index (κ3) is 4.44. The van der Waals surface area contributed by atoms with Gasteiger partial charge in [-0.2, -0.15) is 11.8 Å². The summed E-state index contributed by atoms with van der Waals surface area (Å²) in [5.41, 5.74) is -0.436. The molecular weight excluding hydrogens is 268 g/mol. The monoisotopic (exact) mass is 284 g/mol. The number of benzene rings is 1. The summed E-state index contributed by atoms with van der Waals surface area (Å²) in [6.45, 7) is 2.42. The molecule has 2 N–H and O–H groups in total. The zero-order chi connectivity index (χ0) is 14.4. The van der Waals surface area contributed by atoms with Crippen LogP contribution >= 0.6 is 11.8 Å². The highest BCUT2D eigenvalue weighted by atomic mass is 32.2. The first kappa shape index (κ1) is 15.3. The first-order valence-electron chi connectivity index (χ1n) is 5.70. The fraction of sp³-hybridized carbons (Fsp3) is 0.417. The lowest BCUT2D eigenvalue weighted by atomic mass is 10.1. The van der Waals surface area contributed by atoms with Gasteiger partial charge in [-0.3, -0.25) is 14.9 Å². The number of phenols is 1. The van der Waals surface area contributed by atoms with Gasteiger partial charge in [-0.15, -0.1) is 0 Å². The normalized spacial score (nSPS) is 11.9. The smallest absolute Gasteiger partial charge is 0.282 e. The van der Waals surface area contributed by atoms with Crippen LogP contribution in [-0.2, 0) is 0 Å². The Hall–Kier alpha value is -1.76. The van der Waals surface area contributed by atoms with Crippen molar-refractivity contribution in [2.45, 2.75) is 6.92 Å². The van der Waals surface area contributed by atoms with Crippen LogP contribution in [0.25, 0.3) is 0 Å². The number of aromatic hydroxyl groups is 1. The van der Waals surface area contributed by atoms with Crippen molar-refractivity contribution in [1.82, 2.24) is 5.32 Å². The van der Waals surface area contributed by atoms with Gasteiger partial charge >= 0.3 is 0 Å². The molecule has 0 radical (unpaired) electrons. The number of nitrogens with one attached hydrogen (secondary N) is 1. The summed E-state index contributed by atoms with van der Waals surface area (Å²) in [4.78, 5) is 22.1. The molecule has 0 aromatic heterocycles. The second kappa shape index (κ2) is 6.98. The number of carbonyl (C=O) groups excluding carboxylic acids is 1. The van der Waals surface area contributed by atoms with E-state index >= 15 is 0 Å². The SMILES string of the molecule is CSCC(C)CNC(=O)c1cc(O)ccc1[N+](=O)[O-]. The summed E-state index contributed by atoms with van der Waals surface area (Å²) in [5.74, 6) is 0.446. The third-order valence-electron chi connectivity index (χ3n) is 2.48. The van der Waals surface area contributed by atoms with Gasteiger partial charge in [-0.05, 0) is 30.1 Å². The molecule has 0 aliphatic carbocycles. The Bertz CT molecular complexity index is 479. The van der Waals surface area contributed by atoms with E-state index in [1.54, 1.807) is 11.8 Å². The molecular formula is C12H16N2O4S. The summed E-state index contributed by atoms with van der Waals surface area (Å²) in [5, 5.41) is 22.8. The number of thioether (sulfide) groups is 1. The maximum absolute atomic E-state index is 11.9. The molecule has 0 aliphatic heterocycles. The molecule has 1 amide bonds. The molecule has 0 spiro atoms. The Morgan fingerprint density at radius 2 is 2.26 bits per heavy atom. The molecule has 0 saturated carbocycles. The van der Waals surface area contributed by atoms with Gasteiger partial charge in [0.15, 0.2) is 0 Å². The van der Waals surface area contributed by atoms with Gasteiger partial charge in [-0.1, -0.05) is 6.92 Å². The second-order valence-corrected chi connectivity index (χ2v) is 5.14. The molecule has 0 aliphatic rings. The average Bonchev–Trinajstić information content (AvgIpc) is 2.35. The first-order chi connectivity index (χ1) is 8.95. The number of nitro benzene ring substituents is 1. The van der Waals surface area contributed by atoms with Crippen molar-refractivity contribution >= 4 is 23.4 Å². The predicted octanol–water partition coefficient (Wildman–Crippen LogP) is 2.03. The fourth-order valence-corrected chi connectivity index (χ4v) is 2.26. The number of phenolic OH excluding ortho intramolecular Hbond substituents is 1. The lowest BCUT2D eigenvalue weighted by molar-refractivity contribution is -0.385. The molecule has 1 rings (SSSR count). The van der Waals surface area contributed by atoms with Crippen LogP contribution in [0.4, 0.5) is 5.69 Å². The Morgan fingerprint density at radius 3 is 2.84 bits per heavy atom. The average molecular weight is 284 g/mol. The van der Waals surface area contributed by atoms with Crippen LogP contribution in [0.5, 0.6) is 5.75 Å². The molecule has 0 bridgehead atoms. The molecule has 0 saturated heterocycles. The largest absolute Gasteiger partial charge is 0.508 e. The van der Waals surface area contributed by atoms with E-state index in [9.17, 15) is 20.0 Å². The summed E-state index contributed by atoms with van der Waals surface area (Å²) in [7, 11) is 0. The Morgan fingerprint density at radius 1 is 1.58 bits per heavy atom. The van der Waals surface area contributed by atoms with Crippen molar-refractivity contribution in [3.63, 3.8) is 0 Å². The fourth-order valence-electron chi connectivity index (χ4n) is 1.57. The maximum atomic E-state index is 11.9. The molecule has 19 heavy (non-hydrogen) atoms. The van der Waals surface area contributed by atoms with Crippen LogP contribution in [0.3, 0.4) is 0 Å². The molecule has 1 atom stereocenters. The number of carbonyl (C=O) groups is 1. The van der Waals surface area contributed by atoms with Crippen LogP contribution in [0, 0.1) is 16.0 Å². The van der Waals surface area contributed by atoms with Gasteiger partial charge < -0.3 is 10.4 Å². The van der Waals surface area contributed by atoms with Gasteiger partial charge in [0, 0.05) is 12.6 Å². The number of nitrogens with zero attached hydrogens (tertiary/aromatic N) is 1. The van der Waals surface area contributed by atoms with E-state index in [4.69, 9.17) is 0 Å². The van der Waals surface area contributed by atoms with Crippen molar-refractivity contribution in [2.24, 2.45) is 5.92 Å². The van der Waals surface area contributed by atoms with E-state index in [0.717, 1.165) is 17.9 Å². The van der Waals surface area contributed by atoms with E-state index in [1.165, 1.54) is 6.07 Å². The van der Waals surface area contributed by atoms with Crippen LogP contribution in [0.1, 0.15) is 17.3 Å². The van der Waals surface area contributed by atoms with Gasteiger partial charge in [0.2, 0.25) is 0 Å². The molecule has 0 fully saturated rings. The van der Waals surface area contributed by atoms with E-state index in [1.807, 2.05) is 13.2 Å². The lowest BCUT2D eigenvalue weighted by Gasteiger charge is -2.11. The number of rotatable bonds is 6. The minimum atomic E-state index is -0.639. The van der Waals surface area contributed by atoms with E-state index in [2.05, 4.69) is 5.32 Å². The standard InChI is InChI=1S/C12H16N2O4S/c1-8(7-19-2)6-13-12(16)10-5-9(15)3-4-11(10)14(17)18/h3-5,8,15H,6-7H2,1-2H3,(H,13,16). The minimum Gasteiger partial charge on any atom is -0.508 e. The second-order valence-electron chi connectivity index (χ2n) is 4.23. The third-order valence-corrected chi connectivity index (χ3v) is 3.39. The summed E-state index contributed by atoms with van der Waals surface area (Å²) < 4.78 is 0. The first-order valence-corrected chi connectivity index (χ1v) is 7.09. The molecule has 1 unspecified atom stereocenters. The van der Waals surface area contributed by atoms with E-state index in [0.29, 0.717) is 6.54 Å². The van der Waals surface area contributed by atoms with Crippen molar-refractivity contribution in [3.05, 3.63) is 33.9 Å². The van der Waals surface area contributed by atoms with E-state index < -0.39 is 10.8 Å². The van der Waals surface area contributed by atoms with Crippen LogP contribution < -0.4 is 5.32 Å². The Balaban J connectivity index is 2.81. The summed E-state index contributed by atoms with van der Waals surface area (Å²) in [6.07, 6.45) is 1.97. The van der Waals surface area contributed by atoms with Gasteiger partial charge in [-0.25, -0.2) is 0 Å². The molecule has 0 heterocycles. The molecule has 7 heteroatoms. The van der Waals surface area contributed by atoms with Crippen molar-refractivity contribution < 1.29 is 14.8 Å². The molecule has 1 aromatic carbocycles. The number of nitro groups is 1. The topological polar surface area (TPSA) is 92.5 Å². The molecule has 104 valence electrons. The number of hydrogen-bond acceptors (Lipinski definition) is 5. The number of amides is 1. The quantitative estimate of drug-likeness (QED) is 0.616. The number of hydrogen-bond donors (Lipinski definition) is 2. The lowest BCUT2D eigenvalue weighted by Crippen LogP contribution is -2.29. The van der Waals surface area contributed by atoms with Crippen LogP contribution in [-0.4, -0.2) is 34.5 Å².